The number of aliphatic imine (C=N–C) groups is 1. The molecule has 0 aromatic heterocycles. The molecule has 0 saturated heterocycles. The molecule has 3 aliphatic heterocycles. The van der Waals surface area contributed by atoms with Gasteiger partial charge in [0.15, 0.2) is 0 Å². The first-order valence-corrected chi connectivity index (χ1v) is 18.7. The number of hydrogen-bond acceptors (Lipinski definition) is 4. The zero-order valence-corrected chi connectivity index (χ0v) is 28.9. The van der Waals surface area contributed by atoms with E-state index in [1.807, 2.05) is 0 Å². The summed E-state index contributed by atoms with van der Waals surface area (Å²) in [5, 5.41) is 7.84. The maximum absolute atomic E-state index is 5.46. The van der Waals surface area contributed by atoms with Crippen molar-refractivity contribution in [1.29, 1.82) is 0 Å². The molecular formula is C47H42N4. The number of rotatable bonds is 5. The first-order valence-electron chi connectivity index (χ1n) is 18.7. The van der Waals surface area contributed by atoms with Gasteiger partial charge in [0.2, 0.25) is 0 Å². The Hall–Kier alpha value is -5.61. The zero-order valence-electron chi connectivity index (χ0n) is 28.9. The van der Waals surface area contributed by atoms with Crippen LogP contribution < -0.4 is 15.5 Å². The molecule has 0 radical (unpaired) electrons. The molecule has 0 spiro atoms. The van der Waals surface area contributed by atoms with Gasteiger partial charge in [-0.3, -0.25) is 4.99 Å². The van der Waals surface area contributed by atoms with E-state index in [2.05, 4.69) is 155 Å². The van der Waals surface area contributed by atoms with Gasteiger partial charge in [-0.25, -0.2) is 0 Å². The van der Waals surface area contributed by atoms with Gasteiger partial charge in [0, 0.05) is 22.7 Å². The van der Waals surface area contributed by atoms with Gasteiger partial charge in [0.1, 0.15) is 12.3 Å². The van der Waals surface area contributed by atoms with Crippen molar-refractivity contribution in [2.45, 2.75) is 57.3 Å². The third-order valence-corrected chi connectivity index (χ3v) is 11.4. The molecular weight excluding hydrogens is 621 g/mol. The summed E-state index contributed by atoms with van der Waals surface area (Å²) in [6.45, 7) is 0. The molecule has 0 saturated carbocycles. The summed E-state index contributed by atoms with van der Waals surface area (Å²) in [5.74, 6) is 0.246. The fourth-order valence-corrected chi connectivity index (χ4v) is 8.88. The lowest BCUT2D eigenvalue weighted by atomic mass is 9.87. The van der Waals surface area contributed by atoms with E-state index < -0.39 is 0 Å². The van der Waals surface area contributed by atoms with Crippen LogP contribution in [0.5, 0.6) is 0 Å². The van der Waals surface area contributed by atoms with Crippen molar-refractivity contribution in [3.8, 4) is 0 Å². The summed E-state index contributed by atoms with van der Waals surface area (Å²) in [6.07, 6.45) is 33.0. The molecule has 4 nitrogen and oxygen atoms in total. The Labute approximate surface area is 301 Å². The van der Waals surface area contributed by atoms with Crippen molar-refractivity contribution < 1.29 is 0 Å². The molecule has 3 atom stereocenters. The minimum Gasteiger partial charge on any atom is -0.363 e. The minimum atomic E-state index is -0.0326. The molecule has 7 aliphatic rings. The number of allylic oxidation sites excluding steroid dienone is 14. The molecule has 4 aliphatic carbocycles. The quantitative estimate of drug-likeness (QED) is 0.286. The Bertz CT molecular complexity index is 2250. The third kappa shape index (κ3) is 5.33. The first-order chi connectivity index (χ1) is 25.3. The average molecular weight is 663 g/mol. The number of hydrogen-bond donors (Lipinski definition) is 2. The molecule has 3 aromatic carbocycles. The predicted molar refractivity (Wildman–Crippen MR) is 214 cm³/mol. The number of fused-ring (bicyclic) bond motifs is 4. The smallest absolute Gasteiger partial charge is 0.130 e. The summed E-state index contributed by atoms with van der Waals surface area (Å²) in [7, 11) is 0. The van der Waals surface area contributed by atoms with Gasteiger partial charge in [-0.05, 0) is 108 Å². The van der Waals surface area contributed by atoms with E-state index in [-0.39, 0.29) is 18.2 Å². The van der Waals surface area contributed by atoms with Crippen LogP contribution in [0.4, 0.5) is 17.1 Å². The lowest BCUT2D eigenvalue weighted by Gasteiger charge is -2.34. The first kappa shape index (κ1) is 30.2. The van der Waals surface area contributed by atoms with E-state index in [1.54, 1.807) is 0 Å². The number of benzene rings is 3. The van der Waals surface area contributed by atoms with Crippen molar-refractivity contribution >= 4 is 39.5 Å². The summed E-state index contributed by atoms with van der Waals surface area (Å²) < 4.78 is 0. The van der Waals surface area contributed by atoms with E-state index in [1.165, 1.54) is 72.9 Å². The average Bonchev–Trinajstić information content (AvgIpc) is 3.56. The molecule has 3 unspecified atom stereocenters. The third-order valence-electron chi connectivity index (χ3n) is 11.4. The van der Waals surface area contributed by atoms with Gasteiger partial charge in [-0.1, -0.05) is 115 Å². The SMILES string of the molecule is C1=CCCC(C2=CC(C3=CC(c4ccccc4)=CCC3)=NC(C3C=CC(C4Nc5cccc6c5N4c4ccccc4C4=C6C=CCC4)=CC3)N2)=C1. The fraction of sp³-hybridized carbons (Fsp3) is 0.213. The van der Waals surface area contributed by atoms with Crippen LogP contribution in [0.2, 0.25) is 0 Å². The summed E-state index contributed by atoms with van der Waals surface area (Å²) in [5.41, 5.74) is 18.2. The Morgan fingerprint density at radius 1 is 0.725 bits per heavy atom. The van der Waals surface area contributed by atoms with Gasteiger partial charge in [-0.2, -0.15) is 0 Å². The minimum absolute atomic E-state index is 0.0217. The predicted octanol–water partition coefficient (Wildman–Crippen LogP) is 11.0. The van der Waals surface area contributed by atoms with E-state index in [0.29, 0.717) is 0 Å². The molecule has 51 heavy (non-hydrogen) atoms. The molecule has 10 rings (SSSR count). The second-order valence-electron chi connectivity index (χ2n) is 14.5. The van der Waals surface area contributed by atoms with Gasteiger partial charge in [0.05, 0.1) is 22.8 Å². The monoisotopic (exact) mass is 662 g/mol. The maximum atomic E-state index is 5.46. The normalized spacial score (nSPS) is 24.4. The van der Waals surface area contributed by atoms with Crippen LogP contribution in [-0.4, -0.2) is 18.0 Å². The van der Waals surface area contributed by atoms with Crippen LogP contribution in [0, 0.1) is 5.92 Å². The largest absolute Gasteiger partial charge is 0.363 e. The maximum Gasteiger partial charge on any atom is 0.130 e. The Kier molecular flexibility index (Phi) is 7.48. The summed E-state index contributed by atoms with van der Waals surface area (Å²) >= 11 is 0. The fourth-order valence-electron chi connectivity index (χ4n) is 8.88. The van der Waals surface area contributed by atoms with Crippen LogP contribution in [0.1, 0.15) is 61.6 Å². The van der Waals surface area contributed by atoms with Gasteiger partial charge < -0.3 is 15.5 Å². The Morgan fingerprint density at radius 3 is 2.47 bits per heavy atom. The molecule has 4 heteroatoms. The molecule has 0 amide bonds. The number of nitrogens with one attached hydrogen (secondary N) is 2. The molecule has 0 bridgehead atoms. The Balaban J connectivity index is 0.969. The highest BCUT2D eigenvalue weighted by molar-refractivity contribution is 6.11. The molecule has 3 heterocycles. The number of nitrogens with zero attached hydrogens (tertiary/aromatic N) is 2. The summed E-state index contributed by atoms with van der Waals surface area (Å²) in [4.78, 5) is 8.03. The van der Waals surface area contributed by atoms with Crippen LogP contribution in [0.25, 0.3) is 16.7 Å². The van der Waals surface area contributed by atoms with E-state index in [0.717, 1.165) is 50.7 Å². The Morgan fingerprint density at radius 2 is 1.59 bits per heavy atom. The van der Waals surface area contributed by atoms with Crippen LogP contribution in [0.3, 0.4) is 0 Å². The van der Waals surface area contributed by atoms with Gasteiger partial charge >= 0.3 is 0 Å². The van der Waals surface area contributed by atoms with E-state index in [9.17, 15) is 0 Å². The molecule has 0 fully saturated rings. The summed E-state index contributed by atoms with van der Waals surface area (Å²) in [6, 6.07) is 26.5. The zero-order chi connectivity index (χ0) is 33.7. The second-order valence-corrected chi connectivity index (χ2v) is 14.5. The van der Waals surface area contributed by atoms with Gasteiger partial charge in [-0.15, -0.1) is 0 Å². The highest BCUT2D eigenvalue weighted by atomic mass is 15.3. The highest BCUT2D eigenvalue weighted by Crippen LogP contribution is 2.54. The van der Waals surface area contributed by atoms with Gasteiger partial charge in [0.25, 0.3) is 0 Å². The second kappa shape index (κ2) is 12.6. The van der Waals surface area contributed by atoms with Crippen molar-refractivity contribution in [1.82, 2.24) is 5.32 Å². The molecule has 250 valence electrons. The van der Waals surface area contributed by atoms with Crippen molar-refractivity contribution in [3.05, 3.63) is 179 Å². The number of para-hydroxylation sites is 2. The van der Waals surface area contributed by atoms with Crippen molar-refractivity contribution in [3.63, 3.8) is 0 Å². The standard InChI is InChI=1S/C47H42N4/c1-3-13-31(14-4-1)35-17-11-18-36(29-35)43-30-42(32-15-5-2-6-16-32)48-46(49-43)33-25-27-34(28-26-33)47-50-41-23-12-22-40-38-20-8-7-19-37(38)39-21-9-10-24-44(39)51(47)45(40)41/h1-5,8-10,12-15,17,20-25,27-30,33,46-48,50H,6-7,11,16,18-19,26H2. The van der Waals surface area contributed by atoms with Crippen molar-refractivity contribution in [2.75, 3.05) is 10.2 Å². The number of anilines is 3. The topological polar surface area (TPSA) is 39.7 Å². The highest BCUT2D eigenvalue weighted by Gasteiger charge is 2.39. The van der Waals surface area contributed by atoms with Crippen LogP contribution in [0.15, 0.2) is 167 Å². The molecule has 3 aromatic rings. The van der Waals surface area contributed by atoms with E-state index >= 15 is 0 Å². The van der Waals surface area contributed by atoms with Crippen molar-refractivity contribution in [2.24, 2.45) is 10.9 Å². The van der Waals surface area contributed by atoms with E-state index in [4.69, 9.17) is 4.99 Å². The molecule has 2 N–H and O–H groups in total. The lowest BCUT2D eigenvalue weighted by Crippen LogP contribution is -2.39. The van der Waals surface area contributed by atoms with Crippen LogP contribution in [-0.2, 0) is 0 Å². The lowest BCUT2D eigenvalue weighted by molar-refractivity contribution is 0.449. The van der Waals surface area contributed by atoms with Crippen LogP contribution >= 0.6 is 0 Å².